The average Bonchev–Trinajstić information content (AvgIpc) is 2.28. The van der Waals surface area contributed by atoms with Gasteiger partial charge >= 0.3 is 0 Å². The smallest absolute Gasteiger partial charge is 0.284 e. The Bertz CT molecular complexity index is 501. The van der Waals surface area contributed by atoms with Gasteiger partial charge in [0.25, 0.3) is 10.0 Å². The van der Waals surface area contributed by atoms with E-state index >= 15 is 0 Å². The van der Waals surface area contributed by atoms with Gasteiger partial charge in [-0.2, -0.15) is 13.2 Å². The van der Waals surface area contributed by atoms with Crippen molar-refractivity contribution in [3.8, 4) is 0 Å². The van der Waals surface area contributed by atoms with Crippen LogP contribution >= 0.6 is 0 Å². The van der Waals surface area contributed by atoms with E-state index in [0.717, 1.165) is 0 Å². The fourth-order valence-corrected chi connectivity index (χ4v) is 3.54. The Hall–Kier alpha value is -1.12. The summed E-state index contributed by atoms with van der Waals surface area (Å²) < 4.78 is 35.2. The van der Waals surface area contributed by atoms with E-state index in [-0.39, 0.29) is 15.0 Å². The van der Waals surface area contributed by atoms with Crippen LogP contribution in [0, 0.1) is 4.91 Å². The SMILES string of the molecule is CC(C)[S+]([O-])c1ccccc1S(=O)(=O)NN=O. The summed E-state index contributed by atoms with van der Waals surface area (Å²) in [6.07, 6.45) is 0. The molecule has 0 heterocycles. The molecule has 0 fully saturated rings. The Kier molecular flexibility index (Phi) is 4.49. The summed E-state index contributed by atoms with van der Waals surface area (Å²) in [6, 6.07) is 5.81. The molecular formula is C9H12N2O4S2. The molecule has 0 saturated heterocycles. The second-order valence-electron chi connectivity index (χ2n) is 3.48. The van der Waals surface area contributed by atoms with E-state index in [1.165, 1.54) is 23.0 Å². The zero-order chi connectivity index (χ0) is 13.1. The fraction of sp³-hybridized carbons (Fsp3) is 0.333. The van der Waals surface area contributed by atoms with Crippen LogP contribution in [0.5, 0.6) is 0 Å². The first-order valence-corrected chi connectivity index (χ1v) is 7.43. The van der Waals surface area contributed by atoms with Crippen LogP contribution in [-0.2, 0) is 21.2 Å². The lowest BCUT2D eigenvalue weighted by molar-refractivity contribution is 0.571. The van der Waals surface area contributed by atoms with Crippen molar-refractivity contribution in [2.45, 2.75) is 28.9 Å². The number of hydrogen-bond donors (Lipinski definition) is 1. The Morgan fingerprint density at radius 3 is 2.47 bits per heavy atom. The lowest BCUT2D eigenvalue weighted by Crippen LogP contribution is -2.22. The normalized spacial score (nSPS) is 13.4. The summed E-state index contributed by atoms with van der Waals surface area (Å²) in [5, 5.41) is 1.92. The molecule has 1 rings (SSSR count). The first-order chi connectivity index (χ1) is 7.90. The number of rotatable bonds is 5. The minimum absolute atomic E-state index is 0.165. The highest BCUT2D eigenvalue weighted by atomic mass is 32.2. The maximum Gasteiger partial charge on any atom is 0.284 e. The topological polar surface area (TPSA) is 98.7 Å². The van der Waals surface area contributed by atoms with Gasteiger partial charge < -0.3 is 4.55 Å². The van der Waals surface area contributed by atoms with Crippen LogP contribution in [0.4, 0.5) is 0 Å². The summed E-state index contributed by atoms with van der Waals surface area (Å²) >= 11 is -1.46. The predicted octanol–water partition coefficient (Wildman–Crippen LogP) is 1.16. The maximum atomic E-state index is 11.9. The zero-order valence-corrected chi connectivity index (χ0v) is 10.9. The van der Waals surface area contributed by atoms with Crippen molar-refractivity contribution >= 4 is 21.2 Å². The van der Waals surface area contributed by atoms with Crippen LogP contribution in [0.2, 0.25) is 0 Å². The molecule has 0 spiro atoms. The molecule has 1 N–H and O–H groups in total. The molecule has 8 heteroatoms. The molecule has 0 aliphatic rings. The summed E-state index contributed by atoms with van der Waals surface area (Å²) in [5.74, 6) is 0. The van der Waals surface area contributed by atoms with E-state index in [4.69, 9.17) is 0 Å². The van der Waals surface area contributed by atoms with Crippen molar-refractivity contribution < 1.29 is 13.0 Å². The van der Waals surface area contributed by atoms with E-state index in [1.54, 1.807) is 19.9 Å². The molecule has 17 heavy (non-hydrogen) atoms. The first kappa shape index (κ1) is 13.9. The van der Waals surface area contributed by atoms with E-state index in [1.807, 2.05) is 0 Å². The highest BCUT2D eigenvalue weighted by Crippen LogP contribution is 2.24. The zero-order valence-electron chi connectivity index (χ0n) is 9.28. The van der Waals surface area contributed by atoms with E-state index in [2.05, 4.69) is 5.29 Å². The van der Waals surface area contributed by atoms with Crippen molar-refractivity contribution in [1.82, 2.24) is 4.83 Å². The lowest BCUT2D eigenvalue weighted by atomic mass is 10.4. The molecule has 1 aromatic rings. The Morgan fingerprint density at radius 2 is 1.94 bits per heavy atom. The number of hydrogen-bond acceptors (Lipinski definition) is 5. The van der Waals surface area contributed by atoms with Gasteiger partial charge in [-0.25, -0.2) is 0 Å². The fourth-order valence-electron chi connectivity index (χ4n) is 1.19. The minimum atomic E-state index is -4.04. The highest BCUT2D eigenvalue weighted by Gasteiger charge is 2.27. The van der Waals surface area contributed by atoms with Gasteiger partial charge in [0.1, 0.15) is 10.1 Å². The van der Waals surface area contributed by atoms with Crippen LogP contribution < -0.4 is 4.83 Å². The summed E-state index contributed by atoms with van der Waals surface area (Å²) in [4.78, 5) is 11.4. The number of sulfonamides is 1. The van der Waals surface area contributed by atoms with Crippen LogP contribution in [-0.4, -0.2) is 18.2 Å². The number of nitroso groups, excluding NO2 is 1. The van der Waals surface area contributed by atoms with Gasteiger partial charge in [0, 0.05) is 0 Å². The van der Waals surface area contributed by atoms with E-state index in [0.29, 0.717) is 0 Å². The van der Waals surface area contributed by atoms with E-state index < -0.39 is 21.2 Å². The molecule has 1 unspecified atom stereocenters. The van der Waals surface area contributed by atoms with Crippen LogP contribution in [0.15, 0.2) is 39.3 Å². The molecule has 6 nitrogen and oxygen atoms in total. The second kappa shape index (κ2) is 5.48. The third-order valence-electron chi connectivity index (χ3n) is 1.94. The van der Waals surface area contributed by atoms with E-state index in [9.17, 15) is 17.9 Å². The summed E-state index contributed by atoms with van der Waals surface area (Å²) in [7, 11) is -4.04. The molecule has 94 valence electrons. The van der Waals surface area contributed by atoms with Crippen LogP contribution in [0.3, 0.4) is 0 Å². The van der Waals surface area contributed by atoms with Crippen LogP contribution in [0.25, 0.3) is 0 Å². The standard InChI is InChI=1S/C9H12N2O4S2/c1-7(2)16(13)8-5-3-4-6-9(8)17(14,15)11-10-12/h3-7H,1-2H3,(H,11,12). The Labute approximate surface area is 103 Å². The molecular weight excluding hydrogens is 264 g/mol. The van der Waals surface area contributed by atoms with Crippen molar-refractivity contribution in [2.75, 3.05) is 0 Å². The Balaban J connectivity index is 3.30. The highest BCUT2D eigenvalue weighted by molar-refractivity contribution is 7.94. The predicted molar refractivity (Wildman–Crippen MR) is 64.1 cm³/mol. The third kappa shape index (κ3) is 3.18. The van der Waals surface area contributed by atoms with Gasteiger partial charge in [0.05, 0.1) is 5.29 Å². The van der Waals surface area contributed by atoms with Gasteiger partial charge in [-0.1, -0.05) is 12.1 Å². The summed E-state index contributed by atoms with van der Waals surface area (Å²) in [5.41, 5.74) is 0. The quantitative estimate of drug-likeness (QED) is 0.495. The van der Waals surface area contributed by atoms with Gasteiger partial charge in [0.15, 0.2) is 4.90 Å². The molecule has 1 atom stereocenters. The molecule has 0 amide bonds. The first-order valence-electron chi connectivity index (χ1n) is 4.74. The van der Waals surface area contributed by atoms with Crippen molar-refractivity contribution in [2.24, 2.45) is 5.29 Å². The molecule has 0 bridgehead atoms. The minimum Gasteiger partial charge on any atom is -0.611 e. The maximum absolute atomic E-state index is 11.9. The molecule has 1 aromatic carbocycles. The van der Waals surface area contributed by atoms with Gasteiger partial charge in [-0.15, -0.1) is 4.91 Å². The average molecular weight is 276 g/mol. The molecule has 0 aliphatic carbocycles. The monoisotopic (exact) mass is 276 g/mol. The molecule has 0 radical (unpaired) electrons. The second-order valence-corrected chi connectivity index (χ2v) is 7.09. The van der Waals surface area contributed by atoms with Crippen molar-refractivity contribution in [3.63, 3.8) is 0 Å². The summed E-state index contributed by atoms with van der Waals surface area (Å²) in [6.45, 7) is 3.43. The number of benzene rings is 1. The van der Waals surface area contributed by atoms with Gasteiger partial charge in [-0.05, 0) is 37.2 Å². The lowest BCUT2D eigenvalue weighted by Gasteiger charge is -2.16. The largest absolute Gasteiger partial charge is 0.611 e. The number of nitrogens with one attached hydrogen (secondary N) is 1. The van der Waals surface area contributed by atoms with Gasteiger partial charge in [-0.3, -0.25) is 0 Å². The van der Waals surface area contributed by atoms with Gasteiger partial charge in [0.2, 0.25) is 0 Å². The third-order valence-corrected chi connectivity index (χ3v) is 4.97. The Morgan fingerprint density at radius 1 is 1.35 bits per heavy atom. The number of nitrogens with zero attached hydrogens (tertiary/aromatic N) is 1. The van der Waals surface area contributed by atoms with Crippen LogP contribution in [0.1, 0.15) is 13.8 Å². The van der Waals surface area contributed by atoms with Crippen molar-refractivity contribution in [3.05, 3.63) is 29.2 Å². The van der Waals surface area contributed by atoms with Crippen molar-refractivity contribution in [1.29, 1.82) is 0 Å². The molecule has 0 saturated carbocycles. The molecule has 0 aliphatic heterocycles. The molecule has 0 aromatic heterocycles.